The number of methoxy groups -OCH3 is 1. The van der Waals surface area contributed by atoms with Gasteiger partial charge in [-0.25, -0.2) is 17.9 Å². The van der Waals surface area contributed by atoms with Crippen molar-refractivity contribution in [2.45, 2.75) is 31.6 Å². The average Bonchev–Trinajstić information content (AvgIpc) is 2.53. The Morgan fingerprint density at radius 1 is 1.35 bits per heavy atom. The second kappa shape index (κ2) is 6.98. The van der Waals surface area contributed by atoms with Gasteiger partial charge >= 0.3 is 5.97 Å². The summed E-state index contributed by atoms with van der Waals surface area (Å²) in [4.78, 5) is 11.8. The van der Waals surface area contributed by atoms with Crippen molar-refractivity contribution in [3.05, 3.63) is 29.3 Å². The number of sulfonamides is 1. The molecule has 128 valence electrons. The molecule has 6 nitrogen and oxygen atoms in total. The Balaban J connectivity index is 2.24. The van der Waals surface area contributed by atoms with Gasteiger partial charge in [0.2, 0.25) is 10.0 Å². The standard InChI is InChI=1S/C16H24N2O4S/c1-12-4-5-14(13(10-12)15(19)22-3)23(20,21)18-11-16(2)6-8-17-9-7-16/h4-5,10,17-18H,6-9,11H2,1-3H3. The Bertz CT molecular complexity index is 679. The molecule has 7 heteroatoms. The predicted octanol–water partition coefficient (Wildman–Crippen LogP) is 1.45. The Morgan fingerprint density at radius 2 is 2.00 bits per heavy atom. The van der Waals surface area contributed by atoms with Gasteiger partial charge in [0.1, 0.15) is 0 Å². The zero-order valence-corrected chi connectivity index (χ0v) is 14.6. The SMILES string of the molecule is COC(=O)c1cc(C)ccc1S(=O)(=O)NCC1(C)CCNCC1. The lowest BCUT2D eigenvalue weighted by Gasteiger charge is -2.34. The first-order valence-electron chi connectivity index (χ1n) is 7.67. The average molecular weight is 340 g/mol. The molecule has 0 radical (unpaired) electrons. The van der Waals surface area contributed by atoms with Crippen LogP contribution in [0.2, 0.25) is 0 Å². The van der Waals surface area contributed by atoms with Gasteiger partial charge in [-0.2, -0.15) is 0 Å². The fraction of sp³-hybridized carbons (Fsp3) is 0.562. The maximum atomic E-state index is 12.6. The van der Waals surface area contributed by atoms with Gasteiger partial charge in [-0.05, 0) is 50.4 Å². The third-order valence-electron chi connectivity index (χ3n) is 4.33. The number of benzene rings is 1. The number of carbonyl (C=O) groups excluding carboxylic acids is 1. The van der Waals surface area contributed by atoms with Crippen molar-refractivity contribution in [3.8, 4) is 0 Å². The Kier molecular flexibility index (Phi) is 5.44. The summed E-state index contributed by atoms with van der Waals surface area (Å²) in [7, 11) is -2.53. The largest absolute Gasteiger partial charge is 0.465 e. The van der Waals surface area contributed by atoms with E-state index in [1.165, 1.54) is 19.2 Å². The van der Waals surface area contributed by atoms with Gasteiger partial charge in [-0.1, -0.05) is 18.6 Å². The molecule has 0 atom stereocenters. The summed E-state index contributed by atoms with van der Waals surface area (Å²) in [5, 5.41) is 3.27. The monoisotopic (exact) mass is 340 g/mol. The Labute approximate surface area is 137 Å². The van der Waals surface area contributed by atoms with E-state index in [1.54, 1.807) is 13.0 Å². The van der Waals surface area contributed by atoms with Gasteiger partial charge < -0.3 is 10.1 Å². The number of ether oxygens (including phenoxy) is 1. The molecule has 0 saturated carbocycles. The van der Waals surface area contributed by atoms with Crippen LogP contribution in [-0.2, 0) is 14.8 Å². The molecule has 0 bridgehead atoms. The quantitative estimate of drug-likeness (QED) is 0.793. The van der Waals surface area contributed by atoms with E-state index in [-0.39, 0.29) is 15.9 Å². The van der Waals surface area contributed by atoms with Gasteiger partial charge in [-0.15, -0.1) is 0 Å². The van der Waals surface area contributed by atoms with Crippen LogP contribution in [0.3, 0.4) is 0 Å². The van der Waals surface area contributed by atoms with E-state index < -0.39 is 16.0 Å². The lowest BCUT2D eigenvalue weighted by Crippen LogP contribution is -2.43. The number of hydrogen-bond acceptors (Lipinski definition) is 5. The fourth-order valence-electron chi connectivity index (χ4n) is 2.70. The zero-order chi connectivity index (χ0) is 17.1. The highest BCUT2D eigenvalue weighted by molar-refractivity contribution is 7.89. The van der Waals surface area contributed by atoms with E-state index in [2.05, 4.69) is 17.0 Å². The number of aryl methyl sites for hydroxylation is 1. The Morgan fingerprint density at radius 3 is 2.61 bits per heavy atom. The molecule has 0 amide bonds. The van der Waals surface area contributed by atoms with E-state index in [9.17, 15) is 13.2 Å². The summed E-state index contributed by atoms with van der Waals surface area (Å²) < 4.78 is 32.6. The van der Waals surface area contributed by atoms with Crippen molar-refractivity contribution >= 4 is 16.0 Å². The topological polar surface area (TPSA) is 84.5 Å². The number of carbonyl (C=O) groups is 1. The van der Waals surface area contributed by atoms with Crippen molar-refractivity contribution < 1.29 is 17.9 Å². The van der Waals surface area contributed by atoms with E-state index in [0.717, 1.165) is 31.5 Å². The molecule has 1 heterocycles. The van der Waals surface area contributed by atoms with Gasteiger partial charge in [-0.3, -0.25) is 0 Å². The fourth-order valence-corrected chi connectivity index (χ4v) is 4.07. The minimum atomic E-state index is -3.77. The first-order chi connectivity index (χ1) is 10.8. The molecule has 0 unspecified atom stereocenters. The molecule has 2 N–H and O–H groups in total. The second-order valence-electron chi connectivity index (χ2n) is 6.38. The molecule has 23 heavy (non-hydrogen) atoms. The number of hydrogen-bond donors (Lipinski definition) is 2. The molecule has 0 aromatic heterocycles. The van der Waals surface area contributed by atoms with Crippen LogP contribution in [-0.4, -0.2) is 41.1 Å². The molecule has 1 aromatic carbocycles. The lowest BCUT2D eigenvalue weighted by atomic mass is 9.81. The second-order valence-corrected chi connectivity index (χ2v) is 8.11. The third kappa shape index (κ3) is 4.31. The highest BCUT2D eigenvalue weighted by Crippen LogP contribution is 2.28. The summed E-state index contributed by atoms with van der Waals surface area (Å²) in [6, 6.07) is 4.66. The van der Waals surface area contributed by atoms with E-state index in [4.69, 9.17) is 4.74 Å². The molecular formula is C16H24N2O4S. The van der Waals surface area contributed by atoms with E-state index >= 15 is 0 Å². The van der Waals surface area contributed by atoms with Crippen LogP contribution in [0.25, 0.3) is 0 Å². The van der Waals surface area contributed by atoms with Crippen molar-refractivity contribution in [2.75, 3.05) is 26.7 Å². The van der Waals surface area contributed by atoms with Crippen LogP contribution in [0.1, 0.15) is 35.7 Å². The zero-order valence-electron chi connectivity index (χ0n) is 13.8. The van der Waals surface area contributed by atoms with Crippen molar-refractivity contribution in [2.24, 2.45) is 5.41 Å². The van der Waals surface area contributed by atoms with Crippen molar-refractivity contribution in [1.82, 2.24) is 10.0 Å². The highest BCUT2D eigenvalue weighted by atomic mass is 32.2. The van der Waals surface area contributed by atoms with Crippen LogP contribution in [0.4, 0.5) is 0 Å². The number of rotatable bonds is 5. The summed E-state index contributed by atoms with van der Waals surface area (Å²) in [6.45, 7) is 6.00. The molecule has 1 saturated heterocycles. The summed E-state index contributed by atoms with van der Waals surface area (Å²) in [6.07, 6.45) is 1.82. The smallest absolute Gasteiger partial charge is 0.339 e. The van der Waals surface area contributed by atoms with Crippen molar-refractivity contribution in [3.63, 3.8) is 0 Å². The normalized spacial score (nSPS) is 17.7. The maximum absolute atomic E-state index is 12.6. The van der Waals surface area contributed by atoms with Crippen LogP contribution in [0, 0.1) is 12.3 Å². The summed E-state index contributed by atoms with van der Waals surface area (Å²) in [5.41, 5.74) is 0.791. The van der Waals surface area contributed by atoms with Gasteiger partial charge in [0.15, 0.2) is 0 Å². The van der Waals surface area contributed by atoms with Crippen LogP contribution >= 0.6 is 0 Å². The van der Waals surface area contributed by atoms with Crippen LogP contribution < -0.4 is 10.0 Å². The molecule has 2 rings (SSSR count). The minimum absolute atomic E-state index is 0.0347. The first-order valence-corrected chi connectivity index (χ1v) is 9.15. The molecule has 1 aliphatic rings. The van der Waals surface area contributed by atoms with Gasteiger partial charge in [0.05, 0.1) is 17.6 Å². The van der Waals surface area contributed by atoms with E-state index in [0.29, 0.717) is 6.54 Å². The number of nitrogens with one attached hydrogen (secondary N) is 2. The molecule has 1 aliphatic heterocycles. The molecule has 0 spiro atoms. The van der Waals surface area contributed by atoms with Crippen LogP contribution in [0.15, 0.2) is 23.1 Å². The molecule has 1 aromatic rings. The first kappa shape index (κ1) is 17.9. The third-order valence-corrected chi connectivity index (χ3v) is 5.79. The van der Waals surface area contributed by atoms with E-state index in [1.807, 2.05) is 0 Å². The molecule has 0 aliphatic carbocycles. The maximum Gasteiger partial charge on any atom is 0.339 e. The van der Waals surface area contributed by atoms with Gasteiger partial charge in [0, 0.05) is 6.54 Å². The molecule has 1 fully saturated rings. The lowest BCUT2D eigenvalue weighted by molar-refractivity contribution is 0.0596. The predicted molar refractivity (Wildman–Crippen MR) is 87.9 cm³/mol. The summed E-state index contributed by atoms with van der Waals surface area (Å²) in [5.74, 6) is -0.651. The number of esters is 1. The Hall–Kier alpha value is -1.44. The highest BCUT2D eigenvalue weighted by Gasteiger charge is 2.30. The van der Waals surface area contributed by atoms with Gasteiger partial charge in [0.25, 0.3) is 0 Å². The minimum Gasteiger partial charge on any atom is -0.465 e. The summed E-state index contributed by atoms with van der Waals surface area (Å²) >= 11 is 0. The molecular weight excluding hydrogens is 316 g/mol. The number of piperidine rings is 1. The van der Waals surface area contributed by atoms with Crippen molar-refractivity contribution in [1.29, 1.82) is 0 Å². The van der Waals surface area contributed by atoms with Crippen LogP contribution in [0.5, 0.6) is 0 Å².